The van der Waals surface area contributed by atoms with Gasteiger partial charge in [-0.2, -0.15) is 0 Å². The van der Waals surface area contributed by atoms with Crippen molar-refractivity contribution in [3.8, 4) is 0 Å². The van der Waals surface area contributed by atoms with Crippen LogP contribution in [-0.2, 0) is 44.6 Å². The van der Waals surface area contributed by atoms with E-state index < -0.39 is 60.3 Å². The number of nitrogens with one attached hydrogen (secondary N) is 2. The molecule has 1 heterocycles. The van der Waals surface area contributed by atoms with Gasteiger partial charge < -0.3 is 40.4 Å². The molecule has 306 valence electrons. The molecule has 0 aliphatic carbocycles. The highest BCUT2D eigenvalue weighted by molar-refractivity contribution is 5.90. The van der Waals surface area contributed by atoms with E-state index in [1.807, 2.05) is 77.0 Å². The summed E-state index contributed by atoms with van der Waals surface area (Å²) in [6.45, 7) is 11.8. The quantitative estimate of drug-likeness (QED) is 0.158. The summed E-state index contributed by atoms with van der Waals surface area (Å²) >= 11 is 0. The molecule has 1 aromatic carbocycles. The zero-order chi connectivity index (χ0) is 40.9. The molecule has 1 aromatic rings. The van der Waals surface area contributed by atoms with Crippen LogP contribution in [-0.4, -0.2) is 142 Å². The Labute approximate surface area is 323 Å². The van der Waals surface area contributed by atoms with E-state index in [9.17, 15) is 24.0 Å². The SMILES string of the molecule is CC[C@H](C)[C@@H]([C@@H](CC(=O)N1CCC[C@H]1[C@H](OC)[C@@H](C)C(=O)NC(Cc1ccccc1)C(=O)OC)OC)N(C)C(=O)[C@@H](NC(=O)[C@H](C(C)C)N(C)C)[C@H](C)N. The Kier molecular flexibility index (Phi) is 19.0. The standard InChI is InChI=1S/C40H68N6O8/c1-13-25(4)35(45(9)39(50)33(27(6)41)43-38(49)34(24(2)3)44(7)8)31(52-10)23-32(47)46-21-17-20-30(46)36(53-11)26(5)37(48)42-29(40(51)54-12)22-28-18-15-14-16-19-28/h14-16,18-19,24-27,29-31,33-36H,13,17,20-23,41H2,1-12H3,(H,42,48)(H,43,49)/t25-,26+,27-,29?,30-,31+,33-,34-,35-,36+/m0/s1. The normalized spacial score (nSPS) is 19.5. The third-order valence-electron chi connectivity index (χ3n) is 10.9. The molecule has 54 heavy (non-hydrogen) atoms. The highest BCUT2D eigenvalue weighted by Crippen LogP contribution is 2.29. The third kappa shape index (κ3) is 12.2. The van der Waals surface area contributed by atoms with E-state index in [0.29, 0.717) is 25.8 Å². The lowest BCUT2D eigenvalue weighted by atomic mass is 9.89. The topological polar surface area (TPSA) is 173 Å². The number of methoxy groups -OCH3 is 3. The molecule has 14 nitrogen and oxygen atoms in total. The van der Waals surface area contributed by atoms with Crippen molar-refractivity contribution in [3.05, 3.63) is 35.9 Å². The van der Waals surface area contributed by atoms with Crippen LogP contribution < -0.4 is 16.4 Å². The maximum absolute atomic E-state index is 14.2. The van der Waals surface area contributed by atoms with Gasteiger partial charge in [-0.25, -0.2) is 4.79 Å². The molecule has 0 aromatic heterocycles. The molecule has 4 amide bonds. The van der Waals surface area contributed by atoms with E-state index in [-0.39, 0.29) is 48.3 Å². The summed E-state index contributed by atoms with van der Waals surface area (Å²) in [5.41, 5.74) is 7.18. The van der Waals surface area contributed by atoms with Gasteiger partial charge in [0, 0.05) is 40.3 Å². The number of carbonyl (C=O) groups excluding carboxylic acids is 5. The highest BCUT2D eigenvalue weighted by atomic mass is 16.5. The first-order valence-corrected chi connectivity index (χ1v) is 19.2. The van der Waals surface area contributed by atoms with Gasteiger partial charge in [-0.3, -0.25) is 24.1 Å². The van der Waals surface area contributed by atoms with Gasteiger partial charge >= 0.3 is 5.97 Å². The maximum Gasteiger partial charge on any atom is 0.328 e. The fraction of sp³-hybridized carbons (Fsp3) is 0.725. The second kappa shape index (κ2) is 22.1. The lowest BCUT2D eigenvalue weighted by molar-refractivity contribution is -0.148. The molecule has 1 aliphatic heterocycles. The van der Waals surface area contributed by atoms with Crippen LogP contribution in [0.3, 0.4) is 0 Å². The number of carbonyl (C=O) groups is 5. The minimum absolute atomic E-state index is 0.000728. The molecule has 0 saturated carbocycles. The number of hydrogen-bond acceptors (Lipinski definition) is 10. The molecule has 1 saturated heterocycles. The summed E-state index contributed by atoms with van der Waals surface area (Å²) in [5, 5.41) is 5.76. The second-order valence-electron chi connectivity index (χ2n) is 15.4. The number of rotatable bonds is 21. The maximum atomic E-state index is 14.2. The zero-order valence-corrected chi connectivity index (χ0v) is 34.7. The number of hydrogen-bond donors (Lipinski definition) is 3. The molecule has 2 rings (SSSR count). The number of amides is 4. The average Bonchev–Trinajstić information content (AvgIpc) is 3.62. The summed E-state index contributed by atoms with van der Waals surface area (Å²) < 4.78 is 16.9. The average molecular weight is 761 g/mol. The van der Waals surface area contributed by atoms with Gasteiger partial charge in [0.15, 0.2) is 0 Å². The lowest BCUT2D eigenvalue weighted by Gasteiger charge is -2.41. The van der Waals surface area contributed by atoms with E-state index in [4.69, 9.17) is 19.9 Å². The molecule has 0 spiro atoms. The molecule has 0 radical (unpaired) electrons. The molecule has 14 heteroatoms. The van der Waals surface area contributed by atoms with Crippen molar-refractivity contribution < 1.29 is 38.2 Å². The van der Waals surface area contributed by atoms with Crippen molar-refractivity contribution in [1.82, 2.24) is 25.3 Å². The molecule has 0 bridgehead atoms. The first kappa shape index (κ1) is 46.6. The second-order valence-corrected chi connectivity index (χ2v) is 15.4. The number of nitrogens with zero attached hydrogens (tertiary/aromatic N) is 3. The van der Waals surface area contributed by atoms with Crippen molar-refractivity contribution in [2.24, 2.45) is 23.5 Å². The Hall–Kier alpha value is -3.59. The number of esters is 1. The number of ether oxygens (including phenoxy) is 3. The van der Waals surface area contributed by atoms with Crippen molar-refractivity contribution in [2.45, 2.75) is 122 Å². The van der Waals surface area contributed by atoms with E-state index in [1.165, 1.54) is 21.3 Å². The van der Waals surface area contributed by atoms with Crippen molar-refractivity contribution in [1.29, 1.82) is 0 Å². The predicted molar refractivity (Wildman–Crippen MR) is 208 cm³/mol. The minimum Gasteiger partial charge on any atom is -0.467 e. The molecule has 1 unspecified atom stereocenters. The van der Waals surface area contributed by atoms with Gasteiger partial charge in [-0.05, 0) is 51.3 Å². The van der Waals surface area contributed by atoms with Crippen molar-refractivity contribution in [3.63, 3.8) is 0 Å². The fourth-order valence-corrected chi connectivity index (χ4v) is 7.80. The molecule has 1 aliphatic rings. The Balaban J connectivity index is 2.29. The van der Waals surface area contributed by atoms with Gasteiger partial charge in [0.25, 0.3) is 0 Å². The molecular weight excluding hydrogens is 692 g/mol. The van der Waals surface area contributed by atoms with Crippen LogP contribution in [0.4, 0.5) is 0 Å². The van der Waals surface area contributed by atoms with E-state index >= 15 is 0 Å². The third-order valence-corrected chi connectivity index (χ3v) is 10.9. The van der Waals surface area contributed by atoms with Crippen LogP contribution in [0.15, 0.2) is 30.3 Å². The Morgan fingerprint density at radius 1 is 0.926 bits per heavy atom. The van der Waals surface area contributed by atoms with Crippen LogP contribution in [0.1, 0.15) is 72.8 Å². The minimum atomic E-state index is -0.993. The number of nitrogens with two attached hydrogens (primary N) is 1. The number of benzene rings is 1. The van der Waals surface area contributed by atoms with Crippen molar-refractivity contribution >= 4 is 29.6 Å². The molecular formula is C40H68N6O8. The smallest absolute Gasteiger partial charge is 0.328 e. The molecule has 4 N–H and O–H groups in total. The van der Waals surface area contributed by atoms with Gasteiger partial charge in [0.05, 0.1) is 49.8 Å². The Bertz CT molecular complexity index is 1350. The summed E-state index contributed by atoms with van der Waals surface area (Å²) in [7, 11) is 9.64. The summed E-state index contributed by atoms with van der Waals surface area (Å²) in [5.74, 6) is -2.57. The fourth-order valence-electron chi connectivity index (χ4n) is 7.80. The van der Waals surface area contributed by atoms with Crippen LogP contribution in [0, 0.1) is 17.8 Å². The van der Waals surface area contributed by atoms with E-state index in [0.717, 1.165) is 5.56 Å². The monoisotopic (exact) mass is 761 g/mol. The molecule has 10 atom stereocenters. The number of likely N-dealkylation sites (N-methyl/N-ethyl adjacent to an activating group) is 2. The first-order chi connectivity index (χ1) is 25.4. The van der Waals surface area contributed by atoms with Crippen LogP contribution in [0.2, 0.25) is 0 Å². The Morgan fingerprint density at radius 3 is 2.06 bits per heavy atom. The number of likely N-dealkylation sites (tertiary alicyclic amines) is 1. The van der Waals surface area contributed by atoms with Crippen LogP contribution in [0.25, 0.3) is 0 Å². The largest absolute Gasteiger partial charge is 0.467 e. The van der Waals surface area contributed by atoms with Crippen molar-refractivity contribution in [2.75, 3.05) is 49.0 Å². The van der Waals surface area contributed by atoms with Gasteiger partial charge in [-0.15, -0.1) is 0 Å². The zero-order valence-electron chi connectivity index (χ0n) is 34.7. The van der Waals surface area contributed by atoms with Gasteiger partial charge in [0.1, 0.15) is 12.1 Å². The van der Waals surface area contributed by atoms with Crippen LogP contribution in [0.5, 0.6) is 0 Å². The van der Waals surface area contributed by atoms with Gasteiger partial charge in [-0.1, -0.05) is 71.4 Å². The summed E-state index contributed by atoms with van der Waals surface area (Å²) in [4.78, 5) is 73.1. The van der Waals surface area contributed by atoms with E-state index in [2.05, 4.69) is 10.6 Å². The highest BCUT2D eigenvalue weighted by Gasteiger charge is 2.43. The lowest BCUT2D eigenvalue weighted by Crippen LogP contribution is -2.62. The molecule has 1 fully saturated rings. The Morgan fingerprint density at radius 2 is 1.56 bits per heavy atom. The summed E-state index contributed by atoms with van der Waals surface area (Å²) in [6, 6.07) is 5.40. The predicted octanol–water partition coefficient (Wildman–Crippen LogP) is 2.23. The summed E-state index contributed by atoms with van der Waals surface area (Å²) in [6.07, 6.45) is 0.931. The van der Waals surface area contributed by atoms with Crippen LogP contribution >= 0.6 is 0 Å². The first-order valence-electron chi connectivity index (χ1n) is 19.2. The van der Waals surface area contributed by atoms with E-state index in [1.54, 1.807) is 30.7 Å². The van der Waals surface area contributed by atoms with Gasteiger partial charge in [0.2, 0.25) is 23.6 Å².